The first-order valence-corrected chi connectivity index (χ1v) is 12.6. The molecule has 6 nitrogen and oxygen atoms in total. The second-order valence-corrected chi connectivity index (χ2v) is 9.77. The molecule has 4 rings (SSSR count). The van der Waals surface area contributed by atoms with Gasteiger partial charge in [0.1, 0.15) is 5.84 Å². The predicted molar refractivity (Wildman–Crippen MR) is 145 cm³/mol. The fourth-order valence-corrected chi connectivity index (χ4v) is 3.25. The number of azo groups is 1. The van der Waals surface area contributed by atoms with Gasteiger partial charge in [-0.2, -0.15) is 5.11 Å². The van der Waals surface area contributed by atoms with Crippen molar-refractivity contribution in [2.45, 2.75) is 87.5 Å². The lowest BCUT2D eigenvalue weighted by Crippen LogP contribution is -2.12. The summed E-state index contributed by atoms with van der Waals surface area (Å²) >= 11 is 0. The normalized spacial score (nSPS) is 18.3. The quantitative estimate of drug-likeness (QED) is 0.417. The van der Waals surface area contributed by atoms with Crippen LogP contribution in [0, 0.1) is 23.7 Å². The predicted octanol–water partition coefficient (Wildman–Crippen LogP) is 7.73. The van der Waals surface area contributed by atoms with Gasteiger partial charge in [-0.1, -0.05) is 67.5 Å². The van der Waals surface area contributed by atoms with E-state index in [9.17, 15) is 0 Å². The zero-order valence-corrected chi connectivity index (χ0v) is 22.3. The minimum Gasteiger partial charge on any atom is -0.294 e. The van der Waals surface area contributed by atoms with Crippen molar-refractivity contribution in [1.29, 1.82) is 0 Å². The average molecular weight is 455 g/mol. The van der Waals surface area contributed by atoms with Gasteiger partial charge in [0.05, 0.1) is 0 Å². The first-order valence-electron chi connectivity index (χ1n) is 12.6. The fourth-order valence-electron chi connectivity index (χ4n) is 3.25. The molecule has 0 aromatic heterocycles. The van der Waals surface area contributed by atoms with Crippen LogP contribution < -0.4 is 0 Å². The molecule has 4 aliphatic heterocycles. The second kappa shape index (κ2) is 16.4. The molecule has 0 aromatic carbocycles. The Labute approximate surface area is 202 Å². The van der Waals surface area contributed by atoms with E-state index in [-0.39, 0.29) is 0 Å². The van der Waals surface area contributed by atoms with Crippen LogP contribution >= 0.6 is 0 Å². The Hall–Kier alpha value is -2.24. The molecule has 6 heteroatoms. The minimum absolute atomic E-state index is 0.432. The summed E-state index contributed by atoms with van der Waals surface area (Å²) < 4.78 is 0. The molecule has 0 spiro atoms. The van der Waals surface area contributed by atoms with E-state index in [0.29, 0.717) is 30.3 Å². The molecule has 4 aliphatic rings. The van der Waals surface area contributed by atoms with E-state index >= 15 is 0 Å². The lowest BCUT2D eigenvalue weighted by atomic mass is 10.00. The van der Waals surface area contributed by atoms with E-state index in [4.69, 9.17) is 0 Å². The van der Waals surface area contributed by atoms with Gasteiger partial charge in [-0.3, -0.25) is 15.0 Å². The highest BCUT2D eigenvalue weighted by molar-refractivity contribution is 5.90. The van der Waals surface area contributed by atoms with Crippen LogP contribution in [0.5, 0.6) is 0 Å². The maximum absolute atomic E-state index is 4.45. The van der Waals surface area contributed by atoms with Crippen LogP contribution in [0.1, 0.15) is 87.5 Å². The van der Waals surface area contributed by atoms with E-state index < -0.39 is 0 Å². The number of amidine groups is 1. The van der Waals surface area contributed by atoms with Gasteiger partial charge in [0.15, 0.2) is 6.67 Å². The number of hydrogen-bond donors (Lipinski definition) is 0. The molecule has 0 N–H and O–H groups in total. The van der Waals surface area contributed by atoms with Crippen molar-refractivity contribution < 1.29 is 0 Å². The van der Waals surface area contributed by atoms with Gasteiger partial charge in [0.2, 0.25) is 0 Å². The summed E-state index contributed by atoms with van der Waals surface area (Å²) in [6, 6.07) is 0. The van der Waals surface area contributed by atoms with Gasteiger partial charge >= 0.3 is 0 Å². The van der Waals surface area contributed by atoms with Crippen LogP contribution in [0.2, 0.25) is 0 Å². The lowest BCUT2D eigenvalue weighted by Gasteiger charge is -2.13. The van der Waals surface area contributed by atoms with Gasteiger partial charge in [0.25, 0.3) is 0 Å². The van der Waals surface area contributed by atoms with Crippen molar-refractivity contribution in [2.75, 3.05) is 13.2 Å². The number of allylic oxidation sites excluding steroid dienone is 2. The molecule has 0 atom stereocenters. The van der Waals surface area contributed by atoms with Crippen LogP contribution in [0.15, 0.2) is 54.8 Å². The summed E-state index contributed by atoms with van der Waals surface area (Å²) in [5, 5.41) is 7.52. The Balaban J connectivity index is 0.000000220. The molecule has 0 aliphatic carbocycles. The van der Waals surface area contributed by atoms with Crippen molar-refractivity contribution >= 4 is 23.0 Å². The standard InChI is InChI=1S/C8H15N.2C7H11N.C5H9N3/c1-7(2)8-5-3-4-6-9-8;2*1-6(2)7-4-3-5-8-7;1-4(2)5-6-3-7-8-5/h7H,3-6H2,1-2H3;2*3,5-6H,4H2,1-2H3;4H,3H2,1-2H3. The molecular weight excluding hydrogens is 408 g/mol. The third-order valence-corrected chi connectivity index (χ3v) is 5.49. The molecule has 0 saturated heterocycles. The van der Waals surface area contributed by atoms with Gasteiger partial charge in [-0.25, -0.2) is 4.99 Å². The third-order valence-electron chi connectivity index (χ3n) is 5.49. The molecule has 0 fully saturated rings. The minimum atomic E-state index is 0.432. The van der Waals surface area contributed by atoms with E-state index in [1.165, 1.54) is 36.4 Å². The van der Waals surface area contributed by atoms with Gasteiger partial charge in [0, 0.05) is 54.8 Å². The smallest absolute Gasteiger partial charge is 0.152 e. The van der Waals surface area contributed by atoms with Crippen LogP contribution in [0.3, 0.4) is 0 Å². The maximum atomic E-state index is 4.45. The molecular formula is C27H46N6. The number of nitrogens with zero attached hydrogens (tertiary/aromatic N) is 6. The molecule has 0 radical (unpaired) electrons. The van der Waals surface area contributed by atoms with Crippen LogP contribution in [0.25, 0.3) is 0 Å². The topological polar surface area (TPSA) is 74.2 Å². The maximum Gasteiger partial charge on any atom is 0.152 e. The van der Waals surface area contributed by atoms with E-state index in [0.717, 1.165) is 25.2 Å². The molecule has 184 valence electrons. The van der Waals surface area contributed by atoms with E-state index in [2.05, 4.69) is 97.7 Å². The fraction of sp³-hybridized carbons (Fsp3) is 0.704. The van der Waals surface area contributed by atoms with Crippen molar-refractivity contribution in [2.24, 2.45) is 53.9 Å². The van der Waals surface area contributed by atoms with E-state index in [1.807, 2.05) is 12.4 Å². The van der Waals surface area contributed by atoms with E-state index in [1.54, 1.807) is 0 Å². The Kier molecular flexibility index (Phi) is 14.3. The summed E-state index contributed by atoms with van der Waals surface area (Å²) in [4.78, 5) is 16.8. The highest BCUT2D eigenvalue weighted by atomic mass is 15.3. The molecule has 33 heavy (non-hydrogen) atoms. The summed E-state index contributed by atoms with van der Waals surface area (Å²) in [5.74, 6) is 3.26. The SMILES string of the molecule is CC(C)C1=NC=CC1.CC(C)C1=NC=CC1.CC(C)C1=NCCCC1.CC(C)C1=NCN=N1. The molecule has 0 unspecified atom stereocenters. The molecule has 0 aromatic rings. The molecule has 0 amide bonds. The van der Waals surface area contributed by atoms with Gasteiger partial charge < -0.3 is 0 Å². The third kappa shape index (κ3) is 12.5. The summed E-state index contributed by atoms with van der Waals surface area (Å²) in [5.41, 5.74) is 4.05. The Morgan fingerprint density at radius 1 is 0.636 bits per heavy atom. The highest BCUT2D eigenvalue weighted by Gasteiger charge is 2.08. The first-order chi connectivity index (χ1) is 15.7. The Morgan fingerprint density at radius 2 is 1.18 bits per heavy atom. The van der Waals surface area contributed by atoms with Crippen LogP contribution in [-0.4, -0.2) is 36.2 Å². The summed E-state index contributed by atoms with van der Waals surface area (Å²) in [7, 11) is 0. The van der Waals surface area contributed by atoms with Gasteiger partial charge in [-0.15, -0.1) is 5.11 Å². The second-order valence-electron chi connectivity index (χ2n) is 9.77. The highest BCUT2D eigenvalue weighted by Crippen LogP contribution is 2.12. The van der Waals surface area contributed by atoms with Gasteiger partial charge in [-0.05, 0) is 37.0 Å². The zero-order valence-electron chi connectivity index (χ0n) is 22.3. The van der Waals surface area contributed by atoms with Crippen molar-refractivity contribution in [3.63, 3.8) is 0 Å². The Bertz CT molecular complexity index is 742. The monoisotopic (exact) mass is 454 g/mol. The lowest BCUT2D eigenvalue weighted by molar-refractivity contribution is 0.696. The Morgan fingerprint density at radius 3 is 1.39 bits per heavy atom. The molecule has 4 heterocycles. The molecule has 0 bridgehead atoms. The van der Waals surface area contributed by atoms with Crippen LogP contribution in [-0.2, 0) is 0 Å². The summed E-state index contributed by atoms with van der Waals surface area (Å²) in [6.07, 6.45) is 14.0. The van der Waals surface area contributed by atoms with Crippen molar-refractivity contribution in [3.05, 3.63) is 24.6 Å². The summed E-state index contributed by atoms with van der Waals surface area (Å²) in [6.45, 7) is 18.9. The zero-order chi connectivity index (χ0) is 24.6. The van der Waals surface area contributed by atoms with Crippen LogP contribution in [0.4, 0.5) is 0 Å². The first kappa shape index (κ1) is 28.8. The number of rotatable bonds is 4. The van der Waals surface area contributed by atoms with Crippen molar-refractivity contribution in [3.8, 4) is 0 Å². The molecule has 0 saturated carbocycles. The average Bonchev–Trinajstić information content (AvgIpc) is 3.59. The number of aliphatic imine (C=N–C) groups is 4. The largest absolute Gasteiger partial charge is 0.294 e. The number of hydrogen-bond acceptors (Lipinski definition) is 6. The van der Waals surface area contributed by atoms with Crippen molar-refractivity contribution in [1.82, 2.24) is 0 Å².